The van der Waals surface area contributed by atoms with Crippen LogP contribution in [0.2, 0.25) is 0 Å². The van der Waals surface area contributed by atoms with Crippen molar-refractivity contribution < 1.29 is 8.91 Å². The summed E-state index contributed by atoms with van der Waals surface area (Å²) in [5, 5.41) is 14.5. The van der Waals surface area contributed by atoms with Gasteiger partial charge >= 0.3 is 0 Å². The molecule has 0 aliphatic carbocycles. The van der Waals surface area contributed by atoms with Crippen molar-refractivity contribution >= 4 is 22.9 Å². The van der Waals surface area contributed by atoms with Crippen LogP contribution in [0.25, 0.3) is 11.1 Å². The lowest BCUT2D eigenvalue weighted by Gasteiger charge is -2.21. The Morgan fingerprint density at radius 2 is 2.13 bits per heavy atom. The van der Waals surface area contributed by atoms with Gasteiger partial charge in [0.05, 0.1) is 12.6 Å². The number of thiophene rings is 1. The van der Waals surface area contributed by atoms with Crippen molar-refractivity contribution in [1.29, 1.82) is 0 Å². The smallest absolute Gasteiger partial charge is 0.177 e. The van der Waals surface area contributed by atoms with Crippen molar-refractivity contribution in [3.05, 3.63) is 82.5 Å². The number of nitrogens with zero attached hydrogens (tertiary/aromatic N) is 5. The Morgan fingerprint density at radius 1 is 1.23 bits per heavy atom. The zero-order chi connectivity index (χ0) is 20.5. The molecule has 0 spiro atoms. The summed E-state index contributed by atoms with van der Waals surface area (Å²) in [5.74, 6) is 0.573. The number of halogens is 1. The molecular weight excluding hydrogens is 403 g/mol. The summed E-state index contributed by atoms with van der Waals surface area (Å²) >= 11 is 1.59. The van der Waals surface area contributed by atoms with Gasteiger partial charge in [0.2, 0.25) is 0 Å². The number of nitrogen functional groups attached to an aromatic ring is 1. The zero-order valence-electron chi connectivity index (χ0n) is 15.8. The van der Waals surface area contributed by atoms with Crippen molar-refractivity contribution in [3.8, 4) is 11.1 Å². The van der Waals surface area contributed by atoms with Crippen LogP contribution in [0.3, 0.4) is 0 Å². The molecule has 0 amide bonds. The highest BCUT2D eigenvalue weighted by Gasteiger charge is 2.32. The molecule has 1 aromatic carbocycles. The summed E-state index contributed by atoms with van der Waals surface area (Å²) in [6.07, 6.45) is 3.74. The Bertz CT molecular complexity index is 1190. The third kappa shape index (κ3) is 3.43. The fourth-order valence-electron chi connectivity index (χ4n) is 3.46. The average molecular weight is 420 g/mol. The van der Waals surface area contributed by atoms with E-state index in [0.29, 0.717) is 35.0 Å². The first-order valence-electron chi connectivity index (χ1n) is 9.32. The van der Waals surface area contributed by atoms with Crippen LogP contribution in [0.15, 0.2) is 69.2 Å². The van der Waals surface area contributed by atoms with Crippen molar-refractivity contribution in [3.63, 3.8) is 0 Å². The maximum atomic E-state index is 14.2. The first kappa shape index (κ1) is 18.4. The maximum absolute atomic E-state index is 14.2. The number of hydrogen-bond donors (Lipinski definition) is 1. The second kappa shape index (κ2) is 7.68. The van der Waals surface area contributed by atoms with Crippen molar-refractivity contribution in [1.82, 2.24) is 20.1 Å². The molecule has 1 aliphatic rings. The van der Waals surface area contributed by atoms with E-state index in [1.807, 2.05) is 16.8 Å². The van der Waals surface area contributed by atoms with Gasteiger partial charge in [-0.3, -0.25) is 5.01 Å². The van der Waals surface area contributed by atoms with Gasteiger partial charge in [0.25, 0.3) is 0 Å². The summed E-state index contributed by atoms with van der Waals surface area (Å²) in [4.78, 5) is 8.97. The van der Waals surface area contributed by atoms with Crippen molar-refractivity contribution in [2.45, 2.75) is 19.0 Å². The number of rotatable bonds is 5. The van der Waals surface area contributed by atoms with E-state index < -0.39 is 0 Å². The van der Waals surface area contributed by atoms with E-state index >= 15 is 0 Å². The van der Waals surface area contributed by atoms with Crippen LogP contribution in [-0.2, 0) is 6.54 Å². The standard InChI is InChI=1S/C21H17FN6OS/c22-16-4-2-1-3-13(16)11-28-19(17-5-7-29-27-17)9-18(26-28)21-24-10-15(20(23)25-21)14-6-8-30-12-14/h1-8,10,12,19H,9,11H2,(H2,23,24,25). The van der Waals surface area contributed by atoms with Crippen molar-refractivity contribution in [2.24, 2.45) is 5.10 Å². The molecule has 1 unspecified atom stereocenters. The molecule has 150 valence electrons. The summed E-state index contributed by atoms with van der Waals surface area (Å²) in [5.41, 5.74) is 9.90. The molecule has 0 saturated heterocycles. The predicted molar refractivity (Wildman–Crippen MR) is 112 cm³/mol. The number of nitrogens with two attached hydrogens (primary N) is 1. The topological polar surface area (TPSA) is 93.4 Å². The quantitative estimate of drug-likeness (QED) is 0.518. The average Bonchev–Trinajstić information content (AvgIpc) is 3.51. The Kier molecular flexibility index (Phi) is 4.72. The van der Waals surface area contributed by atoms with E-state index in [-0.39, 0.29) is 18.4 Å². The van der Waals surface area contributed by atoms with Crippen LogP contribution >= 0.6 is 11.3 Å². The fourth-order valence-corrected chi connectivity index (χ4v) is 4.12. The normalized spacial score (nSPS) is 16.1. The summed E-state index contributed by atoms with van der Waals surface area (Å²) in [6, 6.07) is 10.2. The lowest BCUT2D eigenvalue weighted by molar-refractivity contribution is 0.211. The minimum atomic E-state index is -0.277. The van der Waals surface area contributed by atoms with E-state index in [4.69, 9.17) is 10.3 Å². The molecule has 2 N–H and O–H groups in total. The molecule has 4 heterocycles. The summed E-state index contributed by atoms with van der Waals surface area (Å²) in [7, 11) is 0. The second-order valence-corrected chi connectivity index (χ2v) is 7.66. The highest BCUT2D eigenvalue weighted by molar-refractivity contribution is 7.08. The number of anilines is 1. The molecule has 9 heteroatoms. The molecular formula is C21H17FN6OS. The third-order valence-corrected chi connectivity index (χ3v) is 5.68. The van der Waals surface area contributed by atoms with Gasteiger partial charge in [0.1, 0.15) is 29.3 Å². The number of hydrazone groups is 1. The van der Waals surface area contributed by atoms with Crippen molar-refractivity contribution in [2.75, 3.05) is 5.73 Å². The lowest BCUT2D eigenvalue weighted by atomic mass is 10.1. The second-order valence-electron chi connectivity index (χ2n) is 6.88. The van der Waals surface area contributed by atoms with Crippen LogP contribution in [0.1, 0.15) is 29.5 Å². The SMILES string of the molecule is Nc1nc(C2=NN(Cc3ccccc3F)C(c3ccon3)C2)ncc1-c1ccsc1. The molecule has 4 aromatic rings. The summed E-state index contributed by atoms with van der Waals surface area (Å²) in [6.45, 7) is 0.288. The van der Waals surface area contributed by atoms with Gasteiger partial charge in [0.15, 0.2) is 5.82 Å². The van der Waals surface area contributed by atoms with Gasteiger partial charge in [-0.25, -0.2) is 14.4 Å². The predicted octanol–water partition coefficient (Wildman–Crippen LogP) is 4.27. The molecule has 0 bridgehead atoms. The van der Waals surface area contributed by atoms with Crippen LogP contribution in [0.4, 0.5) is 10.2 Å². The number of hydrogen-bond acceptors (Lipinski definition) is 8. The van der Waals surface area contributed by atoms with Crippen LogP contribution < -0.4 is 5.73 Å². The van der Waals surface area contributed by atoms with Gasteiger partial charge in [-0.1, -0.05) is 23.4 Å². The molecule has 0 radical (unpaired) electrons. The van der Waals surface area contributed by atoms with Gasteiger partial charge in [-0.2, -0.15) is 16.4 Å². The molecule has 5 rings (SSSR count). The monoisotopic (exact) mass is 420 g/mol. The number of benzene rings is 1. The first-order chi connectivity index (χ1) is 14.7. The van der Waals surface area contributed by atoms with Gasteiger partial charge in [-0.15, -0.1) is 0 Å². The Labute approximate surface area is 175 Å². The van der Waals surface area contributed by atoms with E-state index in [9.17, 15) is 4.39 Å². The molecule has 0 saturated carbocycles. The largest absolute Gasteiger partial charge is 0.383 e. The van der Waals surface area contributed by atoms with E-state index in [2.05, 4.69) is 20.2 Å². The number of aromatic nitrogens is 3. The molecule has 7 nitrogen and oxygen atoms in total. The van der Waals surface area contributed by atoms with Gasteiger partial charge < -0.3 is 10.3 Å². The highest BCUT2D eigenvalue weighted by atomic mass is 32.1. The lowest BCUT2D eigenvalue weighted by Crippen LogP contribution is -2.20. The van der Waals surface area contributed by atoms with Crippen LogP contribution in [0.5, 0.6) is 0 Å². The fraction of sp³-hybridized carbons (Fsp3) is 0.143. The van der Waals surface area contributed by atoms with E-state index in [0.717, 1.165) is 11.1 Å². The molecule has 0 fully saturated rings. The molecule has 1 aliphatic heterocycles. The minimum Gasteiger partial charge on any atom is -0.383 e. The van der Waals surface area contributed by atoms with Crippen LogP contribution in [-0.4, -0.2) is 25.8 Å². The van der Waals surface area contributed by atoms with Gasteiger partial charge in [-0.05, 0) is 28.5 Å². The third-order valence-electron chi connectivity index (χ3n) is 4.99. The first-order valence-corrected chi connectivity index (χ1v) is 10.3. The van der Waals surface area contributed by atoms with Crippen LogP contribution in [0, 0.1) is 5.82 Å². The highest BCUT2D eigenvalue weighted by Crippen LogP contribution is 2.33. The molecule has 1 atom stereocenters. The van der Waals surface area contributed by atoms with E-state index in [1.54, 1.807) is 46.8 Å². The molecule has 30 heavy (non-hydrogen) atoms. The Morgan fingerprint density at radius 3 is 2.87 bits per heavy atom. The zero-order valence-corrected chi connectivity index (χ0v) is 16.6. The summed E-state index contributed by atoms with van der Waals surface area (Å²) < 4.78 is 19.2. The Balaban J connectivity index is 1.47. The Hall–Kier alpha value is -3.59. The maximum Gasteiger partial charge on any atom is 0.177 e. The van der Waals surface area contributed by atoms with Gasteiger partial charge in [0, 0.05) is 29.8 Å². The molecule has 3 aromatic heterocycles. The van der Waals surface area contributed by atoms with E-state index in [1.165, 1.54) is 12.3 Å². The minimum absolute atomic E-state index is 0.209.